The molecule has 0 saturated carbocycles. The van der Waals surface area contributed by atoms with Gasteiger partial charge >= 0.3 is 0 Å². The van der Waals surface area contributed by atoms with Gasteiger partial charge in [-0.05, 0) is 75.7 Å². The van der Waals surface area contributed by atoms with Gasteiger partial charge in [0.15, 0.2) is 5.82 Å². The third-order valence-electron chi connectivity index (χ3n) is 9.49. The van der Waals surface area contributed by atoms with Gasteiger partial charge in [0.05, 0.1) is 5.69 Å². The van der Waals surface area contributed by atoms with E-state index in [0.29, 0.717) is 0 Å². The molecule has 0 amide bonds. The van der Waals surface area contributed by atoms with Crippen molar-refractivity contribution in [3.8, 4) is 44.9 Å². The van der Waals surface area contributed by atoms with Crippen molar-refractivity contribution >= 4 is 37.1 Å². The first-order valence-electron chi connectivity index (χ1n) is 16.1. The zero-order chi connectivity index (χ0) is 32.1. The molecule has 7 aromatic rings. The molecule has 3 heteroatoms. The van der Waals surface area contributed by atoms with Gasteiger partial charge in [-0.3, -0.25) is 0 Å². The second-order valence-corrected chi connectivity index (χ2v) is 13.6. The Morgan fingerprint density at radius 3 is 2.23 bits per heavy atom. The summed E-state index contributed by atoms with van der Waals surface area (Å²) in [7, 11) is 0. The Labute approximate surface area is 280 Å². The third kappa shape index (κ3) is 4.78. The molecule has 0 atom stereocenters. The molecule has 0 saturated heterocycles. The Balaban J connectivity index is 1.35. The Morgan fingerprint density at radius 2 is 1.43 bits per heavy atom. The minimum atomic E-state index is -0.156. The summed E-state index contributed by atoms with van der Waals surface area (Å²) in [5.74, 6) is 0.721. The molecule has 47 heavy (non-hydrogen) atoms. The lowest BCUT2D eigenvalue weighted by molar-refractivity contribution is 0.654. The maximum absolute atomic E-state index is 5.10. The van der Waals surface area contributed by atoms with Crippen LogP contribution in [0.1, 0.15) is 31.9 Å². The summed E-state index contributed by atoms with van der Waals surface area (Å²) in [6, 6.07) is 41.4. The predicted octanol–water partition coefficient (Wildman–Crippen LogP) is 12.3. The minimum Gasteiger partial charge on any atom is -0.237 e. The molecule has 0 radical (unpaired) electrons. The zero-order valence-corrected chi connectivity index (χ0v) is 27.6. The number of aromatic nitrogens is 2. The highest BCUT2D eigenvalue weighted by Crippen LogP contribution is 2.49. The summed E-state index contributed by atoms with van der Waals surface area (Å²) in [4.78, 5) is 9.74. The molecule has 2 heterocycles. The molecule has 226 valence electrons. The number of thiophene rings is 1. The molecule has 0 bridgehead atoms. The SMILES string of the molecule is C=CC1=C(/C=C\C)C(C)(C)c2cc(-c3cc(-c4cccc5c4sc4ccccc45)ccc3-c3ccnc(-c4ccccc4)n3)ccc21. The lowest BCUT2D eigenvalue weighted by Crippen LogP contribution is -2.16. The van der Waals surface area contributed by atoms with Crippen molar-refractivity contribution in [2.75, 3.05) is 0 Å². The lowest BCUT2D eigenvalue weighted by atomic mass is 9.79. The van der Waals surface area contributed by atoms with Crippen LogP contribution in [0.3, 0.4) is 0 Å². The predicted molar refractivity (Wildman–Crippen MR) is 202 cm³/mol. The average molecular weight is 623 g/mol. The molecule has 0 spiro atoms. The van der Waals surface area contributed by atoms with Crippen LogP contribution in [-0.2, 0) is 5.41 Å². The fourth-order valence-electron chi connectivity index (χ4n) is 7.16. The number of rotatable bonds is 6. The molecule has 8 rings (SSSR count). The number of nitrogens with zero attached hydrogens (tertiary/aromatic N) is 2. The highest BCUT2D eigenvalue weighted by Gasteiger charge is 2.35. The van der Waals surface area contributed by atoms with Gasteiger partial charge in [0.2, 0.25) is 0 Å². The largest absolute Gasteiger partial charge is 0.237 e. The van der Waals surface area contributed by atoms with Crippen LogP contribution >= 0.6 is 11.3 Å². The summed E-state index contributed by atoms with van der Waals surface area (Å²) >= 11 is 1.87. The first-order valence-corrected chi connectivity index (χ1v) is 16.9. The van der Waals surface area contributed by atoms with E-state index in [0.717, 1.165) is 28.2 Å². The van der Waals surface area contributed by atoms with Crippen LogP contribution in [0.5, 0.6) is 0 Å². The van der Waals surface area contributed by atoms with Gasteiger partial charge in [-0.15, -0.1) is 11.3 Å². The Bertz CT molecular complexity index is 2410. The van der Waals surface area contributed by atoms with E-state index in [1.165, 1.54) is 59.1 Å². The van der Waals surface area contributed by atoms with E-state index < -0.39 is 0 Å². The summed E-state index contributed by atoms with van der Waals surface area (Å²) in [5.41, 5.74) is 12.7. The van der Waals surface area contributed by atoms with Gasteiger partial charge in [0, 0.05) is 42.9 Å². The fraction of sp³-hybridized carbons (Fsp3) is 0.0909. The van der Waals surface area contributed by atoms with Gasteiger partial charge in [0.25, 0.3) is 0 Å². The highest BCUT2D eigenvalue weighted by molar-refractivity contribution is 7.26. The first-order chi connectivity index (χ1) is 23.0. The van der Waals surface area contributed by atoms with Crippen LogP contribution in [0.15, 0.2) is 152 Å². The fourth-order valence-corrected chi connectivity index (χ4v) is 8.40. The van der Waals surface area contributed by atoms with Crippen molar-refractivity contribution in [3.63, 3.8) is 0 Å². The molecule has 0 fully saturated rings. The Kier molecular flexibility index (Phi) is 7.08. The summed E-state index contributed by atoms with van der Waals surface area (Å²) < 4.78 is 2.62. The second kappa shape index (κ2) is 11.5. The topological polar surface area (TPSA) is 25.8 Å². The van der Waals surface area contributed by atoms with E-state index >= 15 is 0 Å². The standard InChI is InChI=1S/C44H34N2S/c1-5-13-38-31(6-2)33-22-20-30(27-39(33)44(38,3)4)37-26-29(32-17-12-18-36-35-16-10-11-19-41(35)47-42(32)36)21-23-34(37)40-24-25-45-43(46-40)28-14-8-7-9-15-28/h5-27H,2H2,1,3-4H3/b13-5-. The number of hydrogen-bond acceptors (Lipinski definition) is 3. The molecule has 0 aliphatic heterocycles. The van der Waals surface area contributed by atoms with Crippen molar-refractivity contribution in [3.05, 3.63) is 163 Å². The first kappa shape index (κ1) is 29.1. The highest BCUT2D eigenvalue weighted by atomic mass is 32.1. The van der Waals surface area contributed by atoms with E-state index in [1.807, 2.05) is 47.9 Å². The summed E-state index contributed by atoms with van der Waals surface area (Å²) in [5, 5.41) is 2.61. The summed E-state index contributed by atoms with van der Waals surface area (Å²) in [6.45, 7) is 10.9. The average Bonchev–Trinajstić information content (AvgIpc) is 3.60. The van der Waals surface area contributed by atoms with Crippen molar-refractivity contribution in [1.82, 2.24) is 9.97 Å². The molecular formula is C44H34N2S. The van der Waals surface area contributed by atoms with Crippen LogP contribution < -0.4 is 0 Å². The minimum absolute atomic E-state index is 0.156. The van der Waals surface area contributed by atoms with E-state index in [-0.39, 0.29) is 5.41 Å². The van der Waals surface area contributed by atoms with Crippen molar-refractivity contribution in [1.29, 1.82) is 0 Å². The third-order valence-corrected chi connectivity index (χ3v) is 10.7. The number of hydrogen-bond donors (Lipinski definition) is 0. The van der Waals surface area contributed by atoms with Crippen molar-refractivity contribution in [2.24, 2.45) is 0 Å². The lowest BCUT2D eigenvalue weighted by Gasteiger charge is -2.24. The van der Waals surface area contributed by atoms with E-state index in [9.17, 15) is 0 Å². The molecular weight excluding hydrogens is 589 g/mol. The Hall–Kier alpha value is -5.38. The van der Waals surface area contributed by atoms with Crippen LogP contribution in [0, 0.1) is 0 Å². The molecule has 2 nitrogen and oxygen atoms in total. The molecule has 2 aromatic heterocycles. The van der Waals surface area contributed by atoms with Gasteiger partial charge in [-0.2, -0.15) is 0 Å². The van der Waals surface area contributed by atoms with Gasteiger partial charge in [-0.1, -0.05) is 130 Å². The molecule has 1 aliphatic rings. The number of benzene rings is 5. The van der Waals surface area contributed by atoms with Crippen LogP contribution in [0.25, 0.3) is 70.6 Å². The maximum Gasteiger partial charge on any atom is 0.159 e. The van der Waals surface area contributed by atoms with Crippen molar-refractivity contribution < 1.29 is 0 Å². The molecule has 0 N–H and O–H groups in total. The quantitative estimate of drug-likeness (QED) is 0.184. The number of allylic oxidation sites excluding steroid dienone is 5. The smallest absolute Gasteiger partial charge is 0.159 e. The van der Waals surface area contributed by atoms with E-state index in [2.05, 4.69) is 135 Å². The van der Waals surface area contributed by atoms with Gasteiger partial charge in [-0.25, -0.2) is 9.97 Å². The van der Waals surface area contributed by atoms with Gasteiger partial charge < -0.3 is 0 Å². The number of fused-ring (bicyclic) bond motifs is 4. The monoisotopic (exact) mass is 622 g/mol. The maximum atomic E-state index is 5.10. The normalized spacial score (nSPS) is 13.9. The molecule has 1 aliphatic carbocycles. The van der Waals surface area contributed by atoms with E-state index in [4.69, 9.17) is 4.98 Å². The van der Waals surface area contributed by atoms with Crippen LogP contribution in [0.2, 0.25) is 0 Å². The Morgan fingerprint density at radius 1 is 0.681 bits per heavy atom. The zero-order valence-electron chi connectivity index (χ0n) is 26.8. The van der Waals surface area contributed by atoms with E-state index in [1.54, 1.807) is 0 Å². The van der Waals surface area contributed by atoms with Crippen molar-refractivity contribution in [2.45, 2.75) is 26.2 Å². The van der Waals surface area contributed by atoms with Crippen LogP contribution in [-0.4, -0.2) is 9.97 Å². The molecule has 0 unspecified atom stereocenters. The van der Waals surface area contributed by atoms with Gasteiger partial charge in [0.1, 0.15) is 0 Å². The van der Waals surface area contributed by atoms with Crippen LogP contribution in [0.4, 0.5) is 0 Å². The second-order valence-electron chi connectivity index (χ2n) is 12.6. The summed E-state index contributed by atoms with van der Waals surface area (Å²) in [6.07, 6.45) is 8.24. The molecule has 5 aromatic carbocycles.